The van der Waals surface area contributed by atoms with Crippen molar-refractivity contribution in [2.75, 3.05) is 7.11 Å². The third-order valence-corrected chi connectivity index (χ3v) is 3.21. The van der Waals surface area contributed by atoms with Crippen molar-refractivity contribution in [3.8, 4) is 23.0 Å². The van der Waals surface area contributed by atoms with Crippen molar-refractivity contribution < 1.29 is 20.1 Å². The number of hydrogen-bond acceptors (Lipinski definition) is 4. The number of rotatable bonds is 1. The number of phenols is 3. The molecule has 0 aliphatic carbocycles. The Balaban J connectivity index is 0.000000188. The van der Waals surface area contributed by atoms with E-state index in [1.165, 1.54) is 6.07 Å². The number of halogens is 1. The zero-order valence-corrected chi connectivity index (χ0v) is 14.8. The van der Waals surface area contributed by atoms with E-state index in [0.717, 1.165) is 5.56 Å². The van der Waals surface area contributed by atoms with Gasteiger partial charge in [0.2, 0.25) is 0 Å². The summed E-state index contributed by atoms with van der Waals surface area (Å²) in [4.78, 5) is 0. The number of benzene rings is 3. The fourth-order valence-corrected chi connectivity index (χ4v) is 1.83. The predicted molar refractivity (Wildman–Crippen MR) is 101 cm³/mol. The van der Waals surface area contributed by atoms with Gasteiger partial charge in [-0.1, -0.05) is 41.9 Å². The van der Waals surface area contributed by atoms with Gasteiger partial charge >= 0.3 is 0 Å². The summed E-state index contributed by atoms with van der Waals surface area (Å²) in [6.45, 7) is 1.87. The molecule has 4 nitrogen and oxygen atoms in total. The Hall–Kier alpha value is -2.85. The topological polar surface area (TPSA) is 69.9 Å². The maximum absolute atomic E-state index is 8.92. The highest BCUT2D eigenvalue weighted by atomic mass is 35.5. The van der Waals surface area contributed by atoms with Gasteiger partial charge in [-0.25, -0.2) is 0 Å². The third-order valence-electron chi connectivity index (χ3n) is 2.98. The number of ether oxygens (including phenoxy) is 1. The average molecular weight is 361 g/mol. The lowest BCUT2D eigenvalue weighted by Crippen LogP contribution is -1.79. The van der Waals surface area contributed by atoms with Crippen molar-refractivity contribution in [2.24, 2.45) is 0 Å². The van der Waals surface area contributed by atoms with Crippen LogP contribution in [0.1, 0.15) is 5.56 Å². The van der Waals surface area contributed by atoms with Crippen molar-refractivity contribution in [3.05, 3.63) is 83.4 Å². The van der Waals surface area contributed by atoms with Crippen LogP contribution in [0.4, 0.5) is 0 Å². The molecule has 3 rings (SSSR count). The second-order valence-electron chi connectivity index (χ2n) is 4.97. The first kappa shape index (κ1) is 20.2. The largest absolute Gasteiger partial charge is 0.508 e. The molecule has 0 aromatic heterocycles. The molecule has 3 N–H and O–H groups in total. The van der Waals surface area contributed by atoms with E-state index in [4.69, 9.17) is 31.7 Å². The maximum Gasteiger partial charge on any atom is 0.122 e. The SMILES string of the molecule is COc1cccc(O)c1.Cc1ccccc1O.Oc1cccc(Cl)c1. The van der Waals surface area contributed by atoms with E-state index in [1.54, 1.807) is 55.6 Å². The van der Waals surface area contributed by atoms with Crippen LogP contribution < -0.4 is 4.74 Å². The van der Waals surface area contributed by atoms with E-state index in [0.29, 0.717) is 16.5 Å². The van der Waals surface area contributed by atoms with E-state index in [9.17, 15) is 0 Å². The fraction of sp³-hybridized carbons (Fsp3) is 0.100. The first-order valence-corrected chi connectivity index (χ1v) is 7.82. The van der Waals surface area contributed by atoms with Crippen molar-refractivity contribution in [1.82, 2.24) is 0 Å². The van der Waals surface area contributed by atoms with Crippen LogP contribution in [0.15, 0.2) is 72.8 Å². The van der Waals surface area contributed by atoms with Gasteiger partial charge in [-0.05, 0) is 48.9 Å². The molecule has 5 heteroatoms. The minimum absolute atomic E-state index is 0.206. The molecule has 132 valence electrons. The molecule has 0 unspecified atom stereocenters. The molecule has 0 bridgehead atoms. The number of para-hydroxylation sites is 1. The fourth-order valence-electron chi connectivity index (χ4n) is 1.65. The van der Waals surface area contributed by atoms with Gasteiger partial charge in [-0.2, -0.15) is 0 Å². The molecular formula is C20H21ClO4. The van der Waals surface area contributed by atoms with Gasteiger partial charge in [0.05, 0.1) is 7.11 Å². The van der Waals surface area contributed by atoms with E-state index < -0.39 is 0 Å². The quantitative estimate of drug-likeness (QED) is 0.561. The Morgan fingerprint density at radius 3 is 1.72 bits per heavy atom. The lowest BCUT2D eigenvalue weighted by Gasteiger charge is -1.97. The van der Waals surface area contributed by atoms with Crippen molar-refractivity contribution in [3.63, 3.8) is 0 Å². The van der Waals surface area contributed by atoms with Crippen LogP contribution in [-0.2, 0) is 0 Å². The van der Waals surface area contributed by atoms with Gasteiger partial charge in [0.1, 0.15) is 23.0 Å². The minimum atomic E-state index is 0.206. The summed E-state index contributed by atoms with van der Waals surface area (Å²) < 4.78 is 4.84. The van der Waals surface area contributed by atoms with Gasteiger partial charge < -0.3 is 20.1 Å². The summed E-state index contributed by atoms with van der Waals surface area (Å²) >= 11 is 5.48. The van der Waals surface area contributed by atoms with Gasteiger partial charge in [-0.15, -0.1) is 0 Å². The van der Waals surface area contributed by atoms with Gasteiger partial charge in [0, 0.05) is 11.1 Å². The molecule has 0 radical (unpaired) electrons. The highest BCUT2D eigenvalue weighted by Gasteiger charge is 1.89. The molecule has 0 fully saturated rings. The second kappa shape index (κ2) is 10.8. The Kier molecular flexibility index (Phi) is 8.75. The summed E-state index contributed by atoms with van der Waals surface area (Å²) in [7, 11) is 1.56. The zero-order chi connectivity index (χ0) is 18.7. The molecule has 0 aliphatic heterocycles. The molecule has 25 heavy (non-hydrogen) atoms. The van der Waals surface area contributed by atoms with Crippen LogP contribution in [0.5, 0.6) is 23.0 Å². The minimum Gasteiger partial charge on any atom is -0.508 e. The van der Waals surface area contributed by atoms with Crippen LogP contribution in [0.3, 0.4) is 0 Å². The van der Waals surface area contributed by atoms with Gasteiger partial charge in [0.15, 0.2) is 0 Å². The van der Waals surface area contributed by atoms with Crippen LogP contribution in [0.25, 0.3) is 0 Å². The standard InChI is InChI=1S/C7H8O2.C7H8O.C6H5ClO/c1-9-7-4-2-3-6(8)5-7;1-6-4-2-3-5-7(6)8;7-5-2-1-3-6(8)4-5/h2-5,8H,1H3;2-5,8H,1H3;1-4,8H. The average Bonchev–Trinajstić information content (AvgIpc) is 2.58. The summed E-state index contributed by atoms with van der Waals surface area (Å²) in [6, 6.07) is 20.4. The number of methoxy groups -OCH3 is 1. The number of phenolic OH excluding ortho intramolecular Hbond substituents is 3. The molecule has 0 aliphatic rings. The highest BCUT2D eigenvalue weighted by Crippen LogP contribution is 2.16. The van der Waals surface area contributed by atoms with Crippen molar-refractivity contribution >= 4 is 11.6 Å². The monoisotopic (exact) mass is 360 g/mol. The molecule has 3 aromatic carbocycles. The molecule has 0 spiro atoms. The molecule has 0 amide bonds. The Morgan fingerprint density at radius 1 is 0.760 bits per heavy atom. The molecule has 3 aromatic rings. The van der Waals surface area contributed by atoms with Crippen molar-refractivity contribution in [2.45, 2.75) is 6.92 Å². The summed E-state index contributed by atoms with van der Waals surface area (Å²) in [5.74, 6) is 1.48. The Labute approximate surface area is 152 Å². The normalized spacial score (nSPS) is 9.08. The zero-order valence-electron chi connectivity index (χ0n) is 14.1. The first-order chi connectivity index (χ1) is 11.9. The second-order valence-corrected chi connectivity index (χ2v) is 5.40. The molecule has 0 atom stereocenters. The predicted octanol–water partition coefficient (Wildman–Crippen LogP) is 5.15. The smallest absolute Gasteiger partial charge is 0.122 e. The van der Waals surface area contributed by atoms with E-state index >= 15 is 0 Å². The Morgan fingerprint density at radius 2 is 1.36 bits per heavy atom. The number of hydrogen-bond donors (Lipinski definition) is 3. The van der Waals surface area contributed by atoms with Crippen molar-refractivity contribution in [1.29, 1.82) is 0 Å². The number of aromatic hydroxyl groups is 3. The lowest BCUT2D eigenvalue weighted by molar-refractivity contribution is 0.407. The molecule has 0 heterocycles. The van der Waals surface area contributed by atoms with E-state index in [2.05, 4.69) is 0 Å². The van der Waals surface area contributed by atoms with Crippen LogP contribution in [-0.4, -0.2) is 22.4 Å². The third kappa shape index (κ3) is 8.53. The molecular weight excluding hydrogens is 340 g/mol. The molecule has 0 saturated heterocycles. The van der Waals surface area contributed by atoms with E-state index in [-0.39, 0.29) is 11.5 Å². The maximum atomic E-state index is 8.92. The van der Waals surface area contributed by atoms with Gasteiger partial charge in [-0.3, -0.25) is 0 Å². The van der Waals surface area contributed by atoms with Crippen LogP contribution in [0.2, 0.25) is 5.02 Å². The summed E-state index contributed by atoms with van der Waals surface area (Å²) in [5, 5.41) is 27.1. The first-order valence-electron chi connectivity index (χ1n) is 7.44. The van der Waals surface area contributed by atoms with Gasteiger partial charge in [0.25, 0.3) is 0 Å². The summed E-state index contributed by atoms with van der Waals surface area (Å²) in [6.07, 6.45) is 0. The van der Waals surface area contributed by atoms with Crippen LogP contribution >= 0.6 is 11.6 Å². The van der Waals surface area contributed by atoms with E-state index in [1.807, 2.05) is 25.1 Å². The Bertz CT molecular complexity index is 737. The van der Waals surface area contributed by atoms with Crippen LogP contribution in [0, 0.1) is 6.92 Å². The molecule has 0 saturated carbocycles. The lowest BCUT2D eigenvalue weighted by atomic mass is 10.2. The highest BCUT2D eigenvalue weighted by molar-refractivity contribution is 6.30. The number of aryl methyl sites for hydroxylation is 1. The summed E-state index contributed by atoms with van der Waals surface area (Å²) in [5.41, 5.74) is 0.924.